The van der Waals surface area contributed by atoms with E-state index in [4.69, 9.17) is 4.74 Å². The van der Waals surface area contributed by atoms with E-state index in [-0.39, 0.29) is 5.92 Å². The molecule has 1 atom stereocenters. The molecule has 1 aromatic rings. The predicted molar refractivity (Wildman–Crippen MR) is 75.1 cm³/mol. The molecule has 1 unspecified atom stereocenters. The van der Waals surface area contributed by atoms with E-state index < -0.39 is 11.7 Å². The zero-order valence-electron chi connectivity index (χ0n) is 12.1. The molecule has 1 aromatic carbocycles. The molecule has 0 radical (unpaired) electrons. The van der Waals surface area contributed by atoms with Gasteiger partial charge in [0.05, 0.1) is 12.7 Å². The van der Waals surface area contributed by atoms with Gasteiger partial charge in [0.25, 0.3) is 0 Å². The van der Waals surface area contributed by atoms with E-state index in [9.17, 15) is 13.2 Å². The van der Waals surface area contributed by atoms with E-state index in [1.54, 1.807) is 0 Å². The van der Waals surface area contributed by atoms with Gasteiger partial charge in [-0.25, -0.2) is 0 Å². The molecule has 20 heavy (non-hydrogen) atoms. The minimum Gasteiger partial charge on any atom is -0.496 e. The van der Waals surface area contributed by atoms with Crippen LogP contribution in [-0.2, 0) is 6.18 Å². The van der Waals surface area contributed by atoms with Gasteiger partial charge in [-0.15, -0.1) is 0 Å². The molecule has 1 rings (SSSR count). The van der Waals surface area contributed by atoms with Crippen LogP contribution in [0.15, 0.2) is 30.4 Å². The Bertz CT molecular complexity index is 450. The molecule has 0 heterocycles. The number of hydrogen-bond donors (Lipinski definition) is 0. The molecule has 0 saturated heterocycles. The minimum absolute atomic E-state index is 0.0371. The van der Waals surface area contributed by atoms with Crippen molar-refractivity contribution in [1.82, 2.24) is 0 Å². The summed E-state index contributed by atoms with van der Waals surface area (Å²) in [6, 6.07) is 3.69. The normalized spacial score (nSPS) is 13.7. The lowest BCUT2D eigenvalue weighted by atomic mass is 9.90. The third-order valence-electron chi connectivity index (χ3n) is 3.31. The lowest BCUT2D eigenvalue weighted by molar-refractivity contribution is -0.137. The van der Waals surface area contributed by atoms with Crippen LogP contribution in [0.25, 0.3) is 0 Å². The van der Waals surface area contributed by atoms with Crippen molar-refractivity contribution < 1.29 is 17.9 Å². The quantitative estimate of drug-likeness (QED) is 0.622. The van der Waals surface area contributed by atoms with E-state index >= 15 is 0 Å². The van der Waals surface area contributed by atoms with Crippen LogP contribution in [0.3, 0.4) is 0 Å². The van der Waals surface area contributed by atoms with Crippen LogP contribution in [0.1, 0.15) is 50.2 Å². The van der Waals surface area contributed by atoms with Gasteiger partial charge in [0.2, 0.25) is 0 Å². The Morgan fingerprint density at radius 1 is 1.20 bits per heavy atom. The molecular weight excluding hydrogens is 265 g/mol. The van der Waals surface area contributed by atoms with Crippen LogP contribution in [0.2, 0.25) is 0 Å². The summed E-state index contributed by atoms with van der Waals surface area (Å²) in [6.45, 7) is 4.01. The molecule has 112 valence electrons. The van der Waals surface area contributed by atoms with E-state index in [1.807, 2.05) is 26.0 Å². The van der Waals surface area contributed by atoms with Crippen molar-refractivity contribution in [1.29, 1.82) is 0 Å². The van der Waals surface area contributed by atoms with Crippen LogP contribution in [-0.4, -0.2) is 7.11 Å². The minimum atomic E-state index is -4.32. The van der Waals surface area contributed by atoms with E-state index in [0.29, 0.717) is 11.3 Å². The molecule has 0 aliphatic rings. The summed E-state index contributed by atoms with van der Waals surface area (Å²) in [6.07, 6.45) is 2.15. The average Bonchev–Trinajstić information content (AvgIpc) is 2.42. The fourth-order valence-electron chi connectivity index (χ4n) is 2.17. The number of benzene rings is 1. The largest absolute Gasteiger partial charge is 0.496 e. The highest BCUT2D eigenvalue weighted by molar-refractivity contribution is 5.41. The van der Waals surface area contributed by atoms with E-state index in [0.717, 1.165) is 25.3 Å². The summed E-state index contributed by atoms with van der Waals surface area (Å²) in [5.74, 6) is 0.560. The van der Waals surface area contributed by atoms with Gasteiger partial charge in [-0.3, -0.25) is 0 Å². The Morgan fingerprint density at radius 2 is 1.90 bits per heavy atom. The summed E-state index contributed by atoms with van der Waals surface area (Å²) in [4.78, 5) is 0. The van der Waals surface area contributed by atoms with Crippen LogP contribution in [0.5, 0.6) is 5.75 Å². The average molecular weight is 286 g/mol. The Labute approximate surface area is 118 Å². The molecule has 0 saturated carbocycles. The second-order valence-corrected chi connectivity index (χ2v) is 4.68. The Hall–Kier alpha value is -1.45. The van der Waals surface area contributed by atoms with Gasteiger partial charge in [-0.05, 0) is 48.9 Å². The summed E-state index contributed by atoms with van der Waals surface area (Å²) >= 11 is 0. The standard InChI is InChI=1S/C16H21F3O/c1-4-6-7-8-12(5-2)14-11-13(16(17,18)19)9-10-15(14)20-3/h6-7,9-12H,4-5,8H2,1-3H3/b7-6-. The number of ether oxygens (including phenoxy) is 1. The van der Waals surface area contributed by atoms with Gasteiger partial charge in [-0.2, -0.15) is 13.2 Å². The summed E-state index contributed by atoms with van der Waals surface area (Å²) in [5.41, 5.74) is 0.0109. The van der Waals surface area contributed by atoms with Gasteiger partial charge in [0.15, 0.2) is 0 Å². The molecule has 0 spiro atoms. The van der Waals surface area contributed by atoms with Gasteiger partial charge < -0.3 is 4.74 Å². The van der Waals surface area contributed by atoms with Crippen molar-refractivity contribution in [2.45, 2.75) is 45.2 Å². The lowest BCUT2D eigenvalue weighted by Crippen LogP contribution is -2.08. The maximum absolute atomic E-state index is 12.8. The highest BCUT2D eigenvalue weighted by atomic mass is 19.4. The molecule has 1 nitrogen and oxygen atoms in total. The predicted octanol–water partition coefficient (Wildman–Crippen LogP) is 5.56. The second kappa shape index (κ2) is 7.36. The highest BCUT2D eigenvalue weighted by Gasteiger charge is 2.31. The smallest absolute Gasteiger partial charge is 0.416 e. The fourth-order valence-corrected chi connectivity index (χ4v) is 2.17. The zero-order chi connectivity index (χ0) is 15.2. The molecule has 4 heteroatoms. The third-order valence-corrected chi connectivity index (χ3v) is 3.31. The van der Waals surface area contributed by atoms with Crippen LogP contribution >= 0.6 is 0 Å². The number of hydrogen-bond acceptors (Lipinski definition) is 1. The van der Waals surface area contributed by atoms with E-state index in [1.165, 1.54) is 19.2 Å². The monoisotopic (exact) mass is 286 g/mol. The first kappa shape index (κ1) is 16.6. The molecule has 0 aliphatic carbocycles. The van der Waals surface area contributed by atoms with Crippen molar-refractivity contribution in [2.75, 3.05) is 7.11 Å². The molecule has 0 fully saturated rings. The third kappa shape index (κ3) is 4.29. The SMILES string of the molecule is CC/C=C\CC(CC)c1cc(C(F)(F)F)ccc1OC. The number of allylic oxidation sites excluding steroid dienone is 2. The highest BCUT2D eigenvalue weighted by Crippen LogP contribution is 2.37. The number of rotatable bonds is 6. The molecule has 0 aromatic heterocycles. The van der Waals surface area contributed by atoms with E-state index in [2.05, 4.69) is 0 Å². The summed E-state index contributed by atoms with van der Waals surface area (Å²) in [5, 5.41) is 0. The van der Waals surface area contributed by atoms with Crippen molar-refractivity contribution in [3.63, 3.8) is 0 Å². The van der Waals surface area contributed by atoms with Crippen molar-refractivity contribution in [3.05, 3.63) is 41.5 Å². The maximum atomic E-state index is 12.8. The lowest BCUT2D eigenvalue weighted by Gasteiger charge is -2.19. The maximum Gasteiger partial charge on any atom is 0.416 e. The van der Waals surface area contributed by atoms with Gasteiger partial charge in [-0.1, -0.05) is 26.0 Å². The molecule has 0 aliphatic heterocycles. The Morgan fingerprint density at radius 3 is 2.40 bits per heavy atom. The topological polar surface area (TPSA) is 9.23 Å². The summed E-state index contributed by atoms with van der Waals surface area (Å²) in [7, 11) is 1.49. The van der Waals surface area contributed by atoms with Crippen LogP contribution in [0.4, 0.5) is 13.2 Å². The Kier molecular flexibility index (Phi) is 6.11. The van der Waals surface area contributed by atoms with Gasteiger partial charge in [0.1, 0.15) is 5.75 Å². The second-order valence-electron chi connectivity index (χ2n) is 4.68. The first-order valence-electron chi connectivity index (χ1n) is 6.84. The van der Waals surface area contributed by atoms with Crippen LogP contribution in [0, 0.1) is 0 Å². The number of methoxy groups -OCH3 is 1. The zero-order valence-corrected chi connectivity index (χ0v) is 12.1. The van der Waals surface area contributed by atoms with Crippen LogP contribution < -0.4 is 4.74 Å². The number of alkyl halides is 3. The van der Waals surface area contributed by atoms with Gasteiger partial charge in [0, 0.05) is 0 Å². The molecular formula is C16H21F3O. The summed E-state index contributed by atoms with van der Waals surface area (Å²) < 4.78 is 43.7. The number of halogens is 3. The first-order chi connectivity index (χ1) is 9.43. The van der Waals surface area contributed by atoms with Gasteiger partial charge >= 0.3 is 6.18 Å². The molecule has 0 amide bonds. The molecule has 0 bridgehead atoms. The van der Waals surface area contributed by atoms with Crippen molar-refractivity contribution >= 4 is 0 Å². The first-order valence-corrected chi connectivity index (χ1v) is 6.84. The Balaban J connectivity index is 3.13. The van der Waals surface area contributed by atoms with Crippen molar-refractivity contribution in [2.24, 2.45) is 0 Å². The fraction of sp³-hybridized carbons (Fsp3) is 0.500. The molecule has 0 N–H and O–H groups in total. The van der Waals surface area contributed by atoms with Crippen molar-refractivity contribution in [3.8, 4) is 5.75 Å².